The second kappa shape index (κ2) is 14.3. The fourth-order valence-corrected chi connectivity index (χ4v) is 5.24. The minimum Gasteiger partial charge on any atom is -0.508 e. The van der Waals surface area contributed by atoms with Crippen LogP contribution in [0, 0.1) is 13.8 Å². The van der Waals surface area contributed by atoms with Crippen LogP contribution in [0.25, 0.3) is 0 Å². The summed E-state index contributed by atoms with van der Waals surface area (Å²) in [6, 6.07) is 9.89. The summed E-state index contributed by atoms with van der Waals surface area (Å²) in [5, 5.41) is 25.7. The Hall–Kier alpha value is -3.59. The molecular formula is C32H45N3O6. The number of nitrogens with one attached hydrogen (secondary N) is 2. The van der Waals surface area contributed by atoms with Gasteiger partial charge in [0.25, 0.3) is 0 Å². The summed E-state index contributed by atoms with van der Waals surface area (Å²) in [6.07, 6.45) is 4.28. The number of amides is 3. The molecule has 0 saturated heterocycles. The average Bonchev–Trinajstić information content (AvgIpc) is 2.90. The maximum atomic E-state index is 14.3. The first-order chi connectivity index (χ1) is 19.4. The quantitative estimate of drug-likeness (QED) is 0.336. The van der Waals surface area contributed by atoms with Crippen LogP contribution in [0.2, 0.25) is 0 Å². The van der Waals surface area contributed by atoms with Crippen molar-refractivity contribution in [2.45, 2.75) is 96.9 Å². The van der Waals surface area contributed by atoms with Gasteiger partial charge in [0.05, 0.1) is 6.61 Å². The molecule has 224 valence electrons. The van der Waals surface area contributed by atoms with Crippen LogP contribution in [0.15, 0.2) is 42.5 Å². The van der Waals surface area contributed by atoms with E-state index in [1.54, 1.807) is 32.9 Å². The van der Waals surface area contributed by atoms with Gasteiger partial charge < -0.3 is 30.5 Å². The van der Waals surface area contributed by atoms with Crippen LogP contribution in [0.5, 0.6) is 5.75 Å². The van der Waals surface area contributed by atoms with E-state index in [4.69, 9.17) is 4.74 Å². The third-order valence-corrected chi connectivity index (χ3v) is 7.44. The number of benzene rings is 2. The second-order valence-corrected chi connectivity index (χ2v) is 11.9. The largest absolute Gasteiger partial charge is 0.508 e. The normalized spacial score (nSPS) is 15.5. The third-order valence-electron chi connectivity index (χ3n) is 7.44. The average molecular weight is 568 g/mol. The number of aromatic hydroxyl groups is 1. The number of alkyl carbamates (subject to hydrolysis) is 1. The number of ether oxygens (including phenoxy) is 1. The van der Waals surface area contributed by atoms with Gasteiger partial charge in [-0.3, -0.25) is 9.59 Å². The number of aryl methyl sites for hydroxylation is 1. The van der Waals surface area contributed by atoms with Gasteiger partial charge in [-0.15, -0.1) is 0 Å². The molecule has 0 aliphatic heterocycles. The predicted octanol–water partition coefficient (Wildman–Crippen LogP) is 4.46. The van der Waals surface area contributed by atoms with E-state index in [1.807, 2.05) is 32.0 Å². The molecule has 4 N–H and O–H groups in total. The van der Waals surface area contributed by atoms with E-state index in [2.05, 4.69) is 10.6 Å². The molecule has 2 unspecified atom stereocenters. The molecule has 41 heavy (non-hydrogen) atoms. The van der Waals surface area contributed by atoms with Crippen molar-refractivity contribution in [3.05, 3.63) is 64.7 Å². The number of aliphatic hydroxyl groups is 1. The first kappa shape index (κ1) is 31.9. The van der Waals surface area contributed by atoms with Crippen molar-refractivity contribution in [3.8, 4) is 5.75 Å². The van der Waals surface area contributed by atoms with Crippen LogP contribution in [0.1, 0.15) is 81.2 Å². The number of rotatable bonds is 10. The number of carbonyl (C=O) groups is 3. The van der Waals surface area contributed by atoms with Crippen molar-refractivity contribution in [2.24, 2.45) is 0 Å². The highest BCUT2D eigenvalue weighted by molar-refractivity contribution is 5.92. The number of hydrogen-bond donors (Lipinski definition) is 4. The fourth-order valence-electron chi connectivity index (χ4n) is 5.24. The lowest BCUT2D eigenvalue weighted by Gasteiger charge is -2.36. The van der Waals surface area contributed by atoms with Gasteiger partial charge in [-0.05, 0) is 81.8 Å². The van der Waals surface area contributed by atoms with Gasteiger partial charge in [-0.2, -0.15) is 0 Å². The molecule has 0 radical (unpaired) electrons. The molecule has 0 aromatic heterocycles. The van der Waals surface area contributed by atoms with Crippen molar-refractivity contribution < 1.29 is 29.3 Å². The van der Waals surface area contributed by atoms with E-state index in [0.29, 0.717) is 11.1 Å². The van der Waals surface area contributed by atoms with Crippen LogP contribution in [-0.2, 0) is 20.7 Å². The highest BCUT2D eigenvalue weighted by Crippen LogP contribution is 2.29. The van der Waals surface area contributed by atoms with Crippen molar-refractivity contribution in [3.63, 3.8) is 0 Å². The van der Waals surface area contributed by atoms with Crippen LogP contribution >= 0.6 is 0 Å². The maximum absolute atomic E-state index is 14.3. The Morgan fingerprint density at radius 1 is 1.02 bits per heavy atom. The van der Waals surface area contributed by atoms with Gasteiger partial charge in [0.15, 0.2) is 0 Å². The lowest BCUT2D eigenvalue weighted by Crippen LogP contribution is -2.55. The third kappa shape index (κ3) is 9.21. The molecule has 1 aliphatic carbocycles. The molecule has 2 aromatic carbocycles. The van der Waals surface area contributed by atoms with E-state index >= 15 is 0 Å². The van der Waals surface area contributed by atoms with Gasteiger partial charge in [0.2, 0.25) is 11.8 Å². The second-order valence-electron chi connectivity index (χ2n) is 11.9. The first-order valence-corrected chi connectivity index (χ1v) is 14.4. The summed E-state index contributed by atoms with van der Waals surface area (Å²) in [7, 11) is 0. The molecule has 2 aromatic rings. The van der Waals surface area contributed by atoms with Crippen LogP contribution in [0.4, 0.5) is 4.79 Å². The van der Waals surface area contributed by atoms with Crippen LogP contribution in [-0.4, -0.2) is 63.9 Å². The molecule has 9 nitrogen and oxygen atoms in total. The molecule has 0 spiro atoms. The van der Waals surface area contributed by atoms with E-state index < -0.39 is 29.7 Å². The Labute approximate surface area is 243 Å². The summed E-state index contributed by atoms with van der Waals surface area (Å²) < 4.78 is 5.45. The SMILES string of the molecule is Cc1cccc(C(C(=O)NC2CCCCC2)N(CCO)C(=O)C(Cc2ccc(O)cc2)NC(=O)OC(C)(C)C)c1C. The van der Waals surface area contributed by atoms with Gasteiger partial charge in [-0.25, -0.2) is 4.79 Å². The lowest BCUT2D eigenvalue weighted by atomic mass is 9.92. The Kier molecular flexibility index (Phi) is 11.2. The number of phenolic OH excluding ortho intramolecular Hbond substituents is 1. The standard InChI is InChI=1S/C32H45N3O6/c1-21-10-9-13-26(22(21)2)28(29(38)33-24-11-7-6-8-12-24)35(18-19-36)30(39)27(34-31(40)41-32(3,4)5)20-23-14-16-25(37)17-15-23/h9-10,13-17,24,27-28,36-37H,6-8,11-12,18-20H2,1-5H3,(H,33,38)(H,34,40). The zero-order valence-electron chi connectivity index (χ0n) is 24.9. The number of carbonyl (C=O) groups excluding carboxylic acids is 3. The van der Waals surface area contributed by atoms with Gasteiger partial charge in [0.1, 0.15) is 23.4 Å². The van der Waals surface area contributed by atoms with Crippen molar-refractivity contribution in [2.75, 3.05) is 13.2 Å². The predicted molar refractivity (Wildman–Crippen MR) is 157 cm³/mol. The molecule has 3 amide bonds. The molecule has 3 rings (SSSR count). The summed E-state index contributed by atoms with van der Waals surface area (Å²) >= 11 is 0. The summed E-state index contributed by atoms with van der Waals surface area (Å²) in [4.78, 5) is 42.6. The van der Waals surface area contributed by atoms with E-state index in [1.165, 1.54) is 17.0 Å². The van der Waals surface area contributed by atoms with E-state index in [9.17, 15) is 24.6 Å². The first-order valence-electron chi connectivity index (χ1n) is 14.4. The molecule has 2 atom stereocenters. The fraction of sp³-hybridized carbons (Fsp3) is 0.531. The van der Waals surface area contributed by atoms with Gasteiger partial charge in [0, 0.05) is 19.0 Å². The van der Waals surface area contributed by atoms with E-state index in [-0.39, 0.29) is 37.3 Å². The van der Waals surface area contributed by atoms with Gasteiger partial charge in [-0.1, -0.05) is 49.6 Å². The topological polar surface area (TPSA) is 128 Å². The smallest absolute Gasteiger partial charge is 0.408 e. The minimum atomic E-state index is -1.10. The Balaban J connectivity index is 2.03. The summed E-state index contributed by atoms with van der Waals surface area (Å²) in [6.45, 7) is 8.57. The number of phenols is 1. The Morgan fingerprint density at radius 2 is 1.68 bits per heavy atom. The zero-order valence-corrected chi connectivity index (χ0v) is 24.9. The maximum Gasteiger partial charge on any atom is 0.408 e. The molecule has 1 aliphatic rings. The van der Waals surface area contributed by atoms with Gasteiger partial charge >= 0.3 is 6.09 Å². The van der Waals surface area contributed by atoms with Crippen LogP contribution in [0.3, 0.4) is 0 Å². The van der Waals surface area contributed by atoms with Crippen LogP contribution < -0.4 is 10.6 Å². The monoisotopic (exact) mass is 567 g/mol. The molecule has 1 saturated carbocycles. The van der Waals surface area contributed by atoms with Crippen molar-refractivity contribution >= 4 is 17.9 Å². The summed E-state index contributed by atoms with van der Waals surface area (Å²) in [5.74, 6) is -0.760. The molecule has 0 heterocycles. The Morgan fingerprint density at radius 3 is 2.29 bits per heavy atom. The summed E-state index contributed by atoms with van der Waals surface area (Å²) in [5.41, 5.74) is 2.42. The lowest BCUT2D eigenvalue weighted by molar-refractivity contribution is -0.143. The number of hydrogen-bond acceptors (Lipinski definition) is 6. The molecule has 0 bridgehead atoms. The minimum absolute atomic E-state index is 0.0163. The highest BCUT2D eigenvalue weighted by atomic mass is 16.6. The van der Waals surface area contributed by atoms with Crippen molar-refractivity contribution in [1.29, 1.82) is 0 Å². The zero-order chi connectivity index (χ0) is 30.2. The molecule has 9 heteroatoms. The number of nitrogens with zero attached hydrogens (tertiary/aromatic N) is 1. The van der Waals surface area contributed by atoms with Crippen molar-refractivity contribution in [1.82, 2.24) is 15.5 Å². The molecule has 1 fully saturated rings. The number of aliphatic hydroxyl groups excluding tert-OH is 1. The Bertz CT molecular complexity index is 1180. The highest BCUT2D eigenvalue weighted by Gasteiger charge is 2.37. The molecular weight excluding hydrogens is 522 g/mol. The van der Waals surface area contributed by atoms with E-state index in [0.717, 1.165) is 43.2 Å².